The largest absolute Gasteiger partial charge is 0.287 e. The molecule has 0 spiro atoms. The van der Waals surface area contributed by atoms with E-state index in [1.807, 2.05) is 0 Å². The molecule has 6 heteroatoms. The molecule has 0 N–H and O–H groups in total. The summed E-state index contributed by atoms with van der Waals surface area (Å²) in [5.74, 6) is 0.855. The van der Waals surface area contributed by atoms with Crippen molar-refractivity contribution in [1.82, 2.24) is 9.55 Å². The van der Waals surface area contributed by atoms with E-state index in [9.17, 15) is 4.79 Å². The highest BCUT2D eigenvalue weighted by atomic mass is 35.5. The van der Waals surface area contributed by atoms with Crippen LogP contribution in [0.15, 0.2) is 28.2 Å². The Morgan fingerprint density at radius 2 is 2.12 bits per heavy atom. The van der Waals surface area contributed by atoms with Crippen LogP contribution in [0.4, 0.5) is 0 Å². The van der Waals surface area contributed by atoms with Gasteiger partial charge in [-0.05, 0) is 37.5 Å². The lowest BCUT2D eigenvalue weighted by atomic mass is 10.2. The van der Waals surface area contributed by atoms with Gasteiger partial charge in [0.25, 0.3) is 5.56 Å². The Bertz CT molecular complexity index is 782. The van der Waals surface area contributed by atoms with E-state index in [0.29, 0.717) is 28.9 Å². The molecule has 0 fully saturated rings. The standard InChI is InChI=1S/C18H22ClN3OS/c1-2-3-6-11-22-17(23)15-9-8-14(19)13-16(15)21-18(22)24-12-7-4-5-10-20/h8-9,13H,2-7,11-12H2,1H3. The molecule has 0 bridgehead atoms. The molecule has 0 saturated carbocycles. The van der Waals surface area contributed by atoms with E-state index in [2.05, 4.69) is 18.0 Å². The number of hydrogen-bond acceptors (Lipinski definition) is 4. The zero-order chi connectivity index (χ0) is 17.4. The number of nitrogens with zero attached hydrogens (tertiary/aromatic N) is 3. The molecule has 0 aliphatic carbocycles. The van der Waals surface area contributed by atoms with Crippen LogP contribution in [0.5, 0.6) is 0 Å². The van der Waals surface area contributed by atoms with Crippen molar-refractivity contribution in [1.29, 1.82) is 5.26 Å². The normalized spacial score (nSPS) is 10.9. The molecular formula is C18H22ClN3OS. The SMILES string of the molecule is CCCCCn1c(SCCCCC#N)nc2cc(Cl)ccc2c1=O. The minimum Gasteiger partial charge on any atom is -0.287 e. The zero-order valence-electron chi connectivity index (χ0n) is 13.9. The average Bonchev–Trinajstić information content (AvgIpc) is 2.57. The van der Waals surface area contributed by atoms with Gasteiger partial charge in [-0.15, -0.1) is 0 Å². The van der Waals surface area contributed by atoms with E-state index in [1.54, 1.807) is 34.5 Å². The van der Waals surface area contributed by atoms with Crippen LogP contribution in [0.3, 0.4) is 0 Å². The van der Waals surface area contributed by atoms with Crippen LogP contribution in [0.1, 0.15) is 45.4 Å². The van der Waals surface area contributed by atoms with Gasteiger partial charge in [0, 0.05) is 23.7 Å². The Kier molecular flexibility index (Phi) is 7.61. The Balaban J connectivity index is 2.28. The molecule has 0 radical (unpaired) electrons. The molecule has 1 aromatic heterocycles. The molecule has 24 heavy (non-hydrogen) atoms. The first-order valence-corrected chi connectivity index (χ1v) is 9.73. The number of nitriles is 1. The average molecular weight is 364 g/mol. The Morgan fingerprint density at radius 1 is 1.29 bits per heavy atom. The minimum absolute atomic E-state index is 0.00675. The quantitative estimate of drug-likeness (QED) is 0.356. The van der Waals surface area contributed by atoms with Gasteiger partial charge < -0.3 is 0 Å². The smallest absolute Gasteiger partial charge is 0.262 e. The third-order valence-electron chi connectivity index (χ3n) is 3.78. The summed E-state index contributed by atoms with van der Waals surface area (Å²) < 4.78 is 1.79. The Hall–Kier alpha value is -1.51. The second kappa shape index (κ2) is 9.71. The van der Waals surface area contributed by atoms with Gasteiger partial charge in [0.05, 0.1) is 17.0 Å². The van der Waals surface area contributed by atoms with E-state index in [0.717, 1.165) is 43.0 Å². The maximum atomic E-state index is 12.8. The number of halogens is 1. The molecule has 128 valence electrons. The lowest BCUT2D eigenvalue weighted by Gasteiger charge is -2.13. The fraction of sp³-hybridized carbons (Fsp3) is 0.500. The van der Waals surface area contributed by atoms with Crippen molar-refractivity contribution < 1.29 is 0 Å². The van der Waals surface area contributed by atoms with Gasteiger partial charge in [-0.2, -0.15) is 5.26 Å². The van der Waals surface area contributed by atoms with E-state index in [-0.39, 0.29) is 5.56 Å². The van der Waals surface area contributed by atoms with Crippen molar-refractivity contribution in [3.8, 4) is 6.07 Å². The van der Waals surface area contributed by atoms with Crippen LogP contribution < -0.4 is 5.56 Å². The molecule has 2 aromatic rings. The third-order valence-corrected chi connectivity index (χ3v) is 5.08. The predicted molar refractivity (Wildman–Crippen MR) is 101 cm³/mol. The lowest BCUT2D eigenvalue weighted by molar-refractivity contribution is 0.541. The van der Waals surface area contributed by atoms with Gasteiger partial charge in [-0.3, -0.25) is 9.36 Å². The summed E-state index contributed by atoms with van der Waals surface area (Å²) in [6, 6.07) is 7.39. The van der Waals surface area contributed by atoms with Crippen molar-refractivity contribution in [2.75, 3.05) is 5.75 Å². The topological polar surface area (TPSA) is 58.7 Å². The Morgan fingerprint density at radius 3 is 2.88 bits per heavy atom. The molecule has 0 aliphatic rings. The lowest BCUT2D eigenvalue weighted by Crippen LogP contribution is -2.23. The van der Waals surface area contributed by atoms with Crippen LogP contribution >= 0.6 is 23.4 Å². The summed E-state index contributed by atoms with van der Waals surface area (Å²) >= 11 is 7.63. The van der Waals surface area contributed by atoms with Gasteiger partial charge in [-0.25, -0.2) is 4.98 Å². The maximum Gasteiger partial charge on any atom is 0.262 e. The summed E-state index contributed by atoms with van der Waals surface area (Å²) in [7, 11) is 0. The number of benzene rings is 1. The fourth-order valence-electron chi connectivity index (χ4n) is 2.47. The van der Waals surface area contributed by atoms with Gasteiger partial charge in [0.2, 0.25) is 0 Å². The number of hydrogen-bond donors (Lipinski definition) is 0. The van der Waals surface area contributed by atoms with E-state index in [4.69, 9.17) is 16.9 Å². The van der Waals surface area contributed by atoms with Crippen LogP contribution in [0.2, 0.25) is 5.02 Å². The maximum absolute atomic E-state index is 12.8. The molecule has 4 nitrogen and oxygen atoms in total. The number of rotatable bonds is 9. The Labute approximate surface area is 151 Å². The first-order chi connectivity index (χ1) is 11.7. The van der Waals surface area contributed by atoms with Crippen molar-refractivity contribution in [3.05, 3.63) is 33.6 Å². The first kappa shape index (κ1) is 18.8. The minimum atomic E-state index is 0.00675. The molecule has 1 aromatic carbocycles. The van der Waals surface area contributed by atoms with Crippen molar-refractivity contribution >= 4 is 34.3 Å². The third kappa shape index (κ3) is 4.99. The molecule has 2 rings (SSSR count). The van der Waals surface area contributed by atoms with E-state index >= 15 is 0 Å². The van der Waals surface area contributed by atoms with Crippen LogP contribution in [0, 0.1) is 11.3 Å². The van der Waals surface area contributed by atoms with E-state index < -0.39 is 0 Å². The molecule has 0 aliphatic heterocycles. The van der Waals surface area contributed by atoms with Gasteiger partial charge >= 0.3 is 0 Å². The van der Waals surface area contributed by atoms with Gasteiger partial charge in [-0.1, -0.05) is 43.1 Å². The zero-order valence-corrected chi connectivity index (χ0v) is 15.5. The second-order valence-electron chi connectivity index (χ2n) is 5.68. The highest BCUT2D eigenvalue weighted by molar-refractivity contribution is 7.99. The molecular weight excluding hydrogens is 342 g/mol. The van der Waals surface area contributed by atoms with E-state index in [1.165, 1.54) is 0 Å². The number of thioether (sulfide) groups is 1. The molecule has 1 heterocycles. The van der Waals surface area contributed by atoms with Crippen LogP contribution in [0.25, 0.3) is 10.9 Å². The second-order valence-corrected chi connectivity index (χ2v) is 7.18. The van der Waals surface area contributed by atoms with Crippen molar-refractivity contribution in [2.24, 2.45) is 0 Å². The predicted octanol–water partition coefficient (Wildman–Crippen LogP) is 5.03. The first-order valence-electron chi connectivity index (χ1n) is 8.37. The summed E-state index contributed by atoms with van der Waals surface area (Å²) in [4.78, 5) is 17.5. The number of aromatic nitrogens is 2. The number of fused-ring (bicyclic) bond motifs is 1. The van der Waals surface area contributed by atoms with Crippen LogP contribution in [-0.4, -0.2) is 15.3 Å². The van der Waals surface area contributed by atoms with Gasteiger partial charge in [0.15, 0.2) is 5.16 Å². The molecule has 0 unspecified atom stereocenters. The summed E-state index contributed by atoms with van der Waals surface area (Å²) in [5.41, 5.74) is 0.658. The molecule has 0 saturated heterocycles. The monoisotopic (exact) mass is 363 g/mol. The molecule has 0 amide bonds. The van der Waals surface area contributed by atoms with Gasteiger partial charge in [0.1, 0.15) is 0 Å². The fourth-order valence-corrected chi connectivity index (χ4v) is 3.66. The summed E-state index contributed by atoms with van der Waals surface area (Å²) in [6.45, 7) is 2.84. The molecule has 0 atom stereocenters. The highest BCUT2D eigenvalue weighted by Gasteiger charge is 2.11. The van der Waals surface area contributed by atoms with Crippen molar-refractivity contribution in [2.45, 2.75) is 57.1 Å². The summed E-state index contributed by atoms with van der Waals surface area (Å²) in [5, 5.41) is 10.6. The highest BCUT2D eigenvalue weighted by Crippen LogP contribution is 2.22. The van der Waals surface area contributed by atoms with Crippen LogP contribution in [-0.2, 0) is 6.54 Å². The summed E-state index contributed by atoms with van der Waals surface area (Å²) in [6.07, 6.45) is 5.57. The van der Waals surface area contributed by atoms with Crippen molar-refractivity contribution in [3.63, 3.8) is 0 Å². The number of unbranched alkanes of at least 4 members (excludes halogenated alkanes) is 4.